The number of benzene rings is 2. The van der Waals surface area contributed by atoms with E-state index < -0.39 is 22.7 Å². The zero-order valence-corrected chi connectivity index (χ0v) is 14.3. The van der Waals surface area contributed by atoms with Crippen molar-refractivity contribution in [2.24, 2.45) is 10.8 Å². The monoisotopic (exact) mass is 342 g/mol. The lowest BCUT2D eigenvalue weighted by atomic mass is 9.51. The third kappa shape index (κ3) is 1.08. The molecule has 0 fully saturated rings. The van der Waals surface area contributed by atoms with Gasteiger partial charge < -0.3 is 0 Å². The Labute approximate surface area is 149 Å². The second-order valence-corrected chi connectivity index (χ2v) is 8.21. The lowest BCUT2D eigenvalue weighted by Gasteiger charge is -2.46. The van der Waals surface area contributed by atoms with Crippen LogP contribution >= 0.6 is 0 Å². The molecule has 4 heteroatoms. The second kappa shape index (κ2) is 3.78. The van der Waals surface area contributed by atoms with Gasteiger partial charge in [0.2, 0.25) is 0 Å². The number of carbonyl (C=O) groups is 4. The quantitative estimate of drug-likeness (QED) is 0.689. The molecule has 2 aromatic rings. The molecule has 0 aliphatic heterocycles. The molecule has 0 saturated heterocycles. The van der Waals surface area contributed by atoms with Gasteiger partial charge in [-0.2, -0.15) is 0 Å². The van der Waals surface area contributed by atoms with Gasteiger partial charge in [-0.15, -0.1) is 0 Å². The van der Waals surface area contributed by atoms with Crippen LogP contribution in [-0.2, 0) is 0 Å². The molecule has 0 radical (unpaired) electrons. The standard InChI is InChI=1S/C22H14O4/c1-21-15-13-9(17(21)23)5-3-8-12(13)20(26)22(2)16(15)14-10(18(22)24)6-4-7-11(14)19(21)25/h3-8,15-16H,1-2H3/t15-,16-,21+,22+/m1/s1. The Morgan fingerprint density at radius 3 is 1.12 bits per heavy atom. The first-order valence-corrected chi connectivity index (χ1v) is 8.79. The van der Waals surface area contributed by atoms with Crippen LogP contribution in [0.2, 0.25) is 0 Å². The zero-order chi connectivity index (χ0) is 18.2. The Bertz CT molecular complexity index is 1070. The molecule has 2 atom stereocenters. The molecule has 0 amide bonds. The highest BCUT2D eigenvalue weighted by molar-refractivity contribution is 6.32. The molecule has 4 aliphatic carbocycles. The Hall–Kier alpha value is -2.88. The molecule has 26 heavy (non-hydrogen) atoms. The van der Waals surface area contributed by atoms with E-state index in [1.807, 2.05) is 0 Å². The summed E-state index contributed by atoms with van der Waals surface area (Å²) in [6.07, 6.45) is 0. The van der Waals surface area contributed by atoms with Gasteiger partial charge in [0.25, 0.3) is 0 Å². The highest BCUT2D eigenvalue weighted by atomic mass is 16.2. The van der Waals surface area contributed by atoms with Crippen molar-refractivity contribution in [3.63, 3.8) is 0 Å². The van der Waals surface area contributed by atoms with Crippen molar-refractivity contribution in [2.45, 2.75) is 25.7 Å². The van der Waals surface area contributed by atoms with E-state index in [4.69, 9.17) is 0 Å². The molecule has 4 aliphatic rings. The highest BCUT2D eigenvalue weighted by Gasteiger charge is 2.72. The first-order chi connectivity index (χ1) is 12.3. The summed E-state index contributed by atoms with van der Waals surface area (Å²) in [5, 5.41) is 0. The fraction of sp³-hybridized carbons (Fsp3) is 0.273. The van der Waals surface area contributed by atoms with E-state index in [9.17, 15) is 19.2 Å². The summed E-state index contributed by atoms with van der Waals surface area (Å²) in [6, 6.07) is 10.1. The Balaban J connectivity index is 1.87. The van der Waals surface area contributed by atoms with Gasteiger partial charge in [0.15, 0.2) is 23.1 Å². The molecule has 0 aromatic heterocycles. The van der Waals surface area contributed by atoms with E-state index in [1.165, 1.54) is 0 Å². The van der Waals surface area contributed by atoms with Crippen molar-refractivity contribution in [1.29, 1.82) is 0 Å². The largest absolute Gasteiger partial charge is 0.293 e. The van der Waals surface area contributed by atoms with Crippen LogP contribution < -0.4 is 0 Å². The van der Waals surface area contributed by atoms with Crippen molar-refractivity contribution in [1.82, 2.24) is 0 Å². The predicted octanol–water partition coefficient (Wildman–Crippen LogP) is 3.35. The number of ketones is 4. The lowest BCUT2D eigenvalue weighted by Crippen LogP contribution is -2.51. The van der Waals surface area contributed by atoms with Crippen LogP contribution in [-0.4, -0.2) is 23.1 Å². The Kier molecular flexibility index (Phi) is 2.08. The molecule has 0 N–H and O–H groups in total. The van der Waals surface area contributed by atoms with E-state index in [-0.39, 0.29) is 23.1 Å². The molecular formula is C22H14O4. The van der Waals surface area contributed by atoms with Crippen LogP contribution in [0.25, 0.3) is 0 Å². The third-order valence-electron chi connectivity index (χ3n) is 7.28. The molecule has 126 valence electrons. The fourth-order valence-electron chi connectivity index (χ4n) is 6.06. The van der Waals surface area contributed by atoms with Crippen LogP contribution in [0.15, 0.2) is 36.4 Å². The topological polar surface area (TPSA) is 68.3 Å². The van der Waals surface area contributed by atoms with Crippen molar-refractivity contribution in [3.8, 4) is 0 Å². The minimum absolute atomic E-state index is 0.225. The first kappa shape index (κ1) is 14.3. The molecule has 6 rings (SSSR count). The van der Waals surface area contributed by atoms with Crippen molar-refractivity contribution in [3.05, 3.63) is 69.8 Å². The van der Waals surface area contributed by atoms with Gasteiger partial charge in [-0.3, -0.25) is 19.2 Å². The van der Waals surface area contributed by atoms with E-state index in [0.29, 0.717) is 33.4 Å². The van der Waals surface area contributed by atoms with E-state index >= 15 is 0 Å². The minimum Gasteiger partial charge on any atom is -0.293 e. The van der Waals surface area contributed by atoms with Crippen LogP contribution in [0.4, 0.5) is 0 Å². The van der Waals surface area contributed by atoms with E-state index in [2.05, 4.69) is 0 Å². The van der Waals surface area contributed by atoms with Gasteiger partial charge in [-0.25, -0.2) is 0 Å². The minimum atomic E-state index is -1.25. The molecule has 4 nitrogen and oxygen atoms in total. The number of Topliss-reactive ketones (excluding diaryl/α,β-unsaturated/α-hetero) is 4. The van der Waals surface area contributed by atoms with Crippen LogP contribution in [0.3, 0.4) is 0 Å². The average Bonchev–Trinajstić information content (AvgIpc) is 3.02. The van der Waals surface area contributed by atoms with Crippen molar-refractivity contribution >= 4 is 23.1 Å². The molecule has 0 heterocycles. The van der Waals surface area contributed by atoms with Crippen LogP contribution in [0.5, 0.6) is 0 Å². The summed E-state index contributed by atoms with van der Waals surface area (Å²) in [5.41, 5.74) is 0.649. The number of hydrogen-bond donors (Lipinski definition) is 0. The number of hydrogen-bond acceptors (Lipinski definition) is 4. The Morgan fingerprint density at radius 2 is 0.846 bits per heavy atom. The zero-order valence-electron chi connectivity index (χ0n) is 14.3. The summed E-state index contributed by atoms with van der Waals surface area (Å²) in [7, 11) is 0. The molecule has 0 spiro atoms. The molecule has 2 aromatic carbocycles. The van der Waals surface area contributed by atoms with Crippen LogP contribution in [0.1, 0.15) is 78.2 Å². The predicted molar refractivity (Wildman–Crippen MR) is 91.9 cm³/mol. The van der Waals surface area contributed by atoms with Crippen LogP contribution in [0, 0.1) is 10.8 Å². The maximum atomic E-state index is 13.4. The second-order valence-electron chi connectivity index (χ2n) is 8.21. The SMILES string of the molecule is C[C@]12C(=O)c3cccc4c3[C@@H]3[C@H]1c1c(cccc1C2=O)C(=O)[C@]3(C)C4=O. The van der Waals surface area contributed by atoms with Gasteiger partial charge in [0.1, 0.15) is 10.8 Å². The maximum absolute atomic E-state index is 13.4. The number of rotatable bonds is 0. The average molecular weight is 342 g/mol. The summed E-state index contributed by atoms with van der Waals surface area (Å²) in [5.74, 6) is -1.80. The molecule has 0 unspecified atom stereocenters. The van der Waals surface area contributed by atoms with E-state index in [0.717, 1.165) is 0 Å². The summed E-state index contributed by atoms with van der Waals surface area (Å²) < 4.78 is 0. The van der Waals surface area contributed by atoms with Gasteiger partial charge in [0.05, 0.1) is 0 Å². The lowest BCUT2D eigenvalue weighted by molar-refractivity contribution is 0.0488. The molecule has 0 saturated carbocycles. The molecular weight excluding hydrogens is 328 g/mol. The Morgan fingerprint density at radius 1 is 0.577 bits per heavy atom. The van der Waals surface area contributed by atoms with Crippen molar-refractivity contribution < 1.29 is 19.2 Å². The normalized spacial score (nSPS) is 35.2. The smallest absolute Gasteiger partial charge is 0.177 e. The summed E-state index contributed by atoms with van der Waals surface area (Å²) in [6.45, 7) is 3.39. The fourth-order valence-corrected chi connectivity index (χ4v) is 6.06. The van der Waals surface area contributed by atoms with Gasteiger partial charge in [-0.1, -0.05) is 36.4 Å². The van der Waals surface area contributed by atoms with Crippen molar-refractivity contribution in [2.75, 3.05) is 0 Å². The van der Waals surface area contributed by atoms with Gasteiger partial charge >= 0.3 is 0 Å². The summed E-state index contributed by atoms with van der Waals surface area (Å²) >= 11 is 0. The maximum Gasteiger partial charge on any atom is 0.177 e. The van der Waals surface area contributed by atoms with Gasteiger partial charge in [-0.05, 0) is 25.0 Å². The first-order valence-electron chi connectivity index (χ1n) is 8.79. The molecule has 0 bridgehead atoms. The van der Waals surface area contributed by atoms with E-state index in [1.54, 1.807) is 50.2 Å². The summed E-state index contributed by atoms with van der Waals surface area (Å²) in [4.78, 5) is 53.4. The highest BCUT2D eigenvalue weighted by Crippen LogP contribution is 2.70. The third-order valence-corrected chi connectivity index (χ3v) is 7.28. The number of carbonyl (C=O) groups excluding carboxylic acids is 4. The van der Waals surface area contributed by atoms with Gasteiger partial charge in [0, 0.05) is 34.1 Å².